The summed E-state index contributed by atoms with van der Waals surface area (Å²) in [6, 6.07) is 39.1. The molecule has 294 valence electrons. The first-order chi connectivity index (χ1) is 28.6. The number of benzene rings is 5. The summed E-state index contributed by atoms with van der Waals surface area (Å²) in [5.41, 5.74) is 12.8. The smallest absolute Gasteiger partial charge is 0.0419 e. The lowest BCUT2D eigenvalue weighted by Gasteiger charge is -2.04. The van der Waals surface area contributed by atoms with Crippen LogP contribution in [0.5, 0.6) is 0 Å². The van der Waals surface area contributed by atoms with Crippen LogP contribution >= 0.6 is 0 Å². The quantitative estimate of drug-likeness (QED) is 0.0694. The molecule has 58 heavy (non-hydrogen) atoms. The Kier molecular flexibility index (Phi) is 18.6. The number of hydrogen-bond acceptors (Lipinski definition) is 0. The van der Waals surface area contributed by atoms with Crippen molar-refractivity contribution >= 4 is 0 Å². The molecule has 0 fully saturated rings. The molecule has 0 nitrogen and oxygen atoms in total. The summed E-state index contributed by atoms with van der Waals surface area (Å²) in [7, 11) is 0. The first-order valence-corrected chi connectivity index (χ1v) is 22.2. The maximum atomic E-state index is 3.51. The van der Waals surface area contributed by atoms with Gasteiger partial charge in [0.2, 0.25) is 0 Å². The molecule has 0 N–H and O–H groups in total. The van der Waals surface area contributed by atoms with Gasteiger partial charge in [0.25, 0.3) is 0 Å². The molecule has 5 aromatic rings. The zero-order valence-electron chi connectivity index (χ0n) is 35.7. The minimum atomic E-state index is 0.855. The summed E-state index contributed by atoms with van der Waals surface area (Å²) in [5, 5.41) is 0. The molecule has 5 rings (SSSR count). The summed E-state index contributed by atoms with van der Waals surface area (Å²) in [5.74, 6) is 27.8. The van der Waals surface area contributed by atoms with Crippen molar-refractivity contribution in [2.24, 2.45) is 0 Å². The Balaban J connectivity index is 1.55. The molecule has 0 spiro atoms. The molecular weight excluding hydrogens is 697 g/mol. The molecule has 0 saturated carbocycles. The maximum absolute atomic E-state index is 3.51. The molecular formula is C58H62. The van der Waals surface area contributed by atoms with E-state index in [1.807, 2.05) is 0 Å². The van der Waals surface area contributed by atoms with Crippen LogP contribution in [0.25, 0.3) is 0 Å². The monoisotopic (exact) mass is 758 g/mol. The normalized spacial score (nSPS) is 10.3. The third-order valence-corrected chi connectivity index (χ3v) is 10.6. The number of rotatable bonds is 16. The standard InChI is InChI=1S/C58H62/c1-5-9-13-17-47-21-29-51(30-22-47)37-41-55-45-57(43-39-53-33-25-49(26-34-53)19-15-11-7-3)58(44-40-54-35-27-50(28-36-54)20-16-12-8-4)46-56(55)42-38-52-31-23-48(24-32-52)18-14-10-6-2/h21-36,45-46H,5-20H2,1-4H3. The topological polar surface area (TPSA) is 0 Å². The van der Waals surface area contributed by atoms with E-state index in [4.69, 9.17) is 0 Å². The van der Waals surface area contributed by atoms with Crippen LogP contribution in [-0.4, -0.2) is 0 Å². The number of hydrogen-bond donors (Lipinski definition) is 0. The molecule has 0 aliphatic carbocycles. The van der Waals surface area contributed by atoms with E-state index in [2.05, 4.69) is 184 Å². The van der Waals surface area contributed by atoms with Crippen LogP contribution < -0.4 is 0 Å². The van der Waals surface area contributed by atoms with Crippen molar-refractivity contribution in [3.8, 4) is 47.4 Å². The third kappa shape index (κ3) is 15.0. The van der Waals surface area contributed by atoms with E-state index in [1.54, 1.807) is 0 Å². The fourth-order valence-electron chi connectivity index (χ4n) is 6.91. The Morgan fingerprint density at radius 1 is 0.259 bits per heavy atom. The van der Waals surface area contributed by atoms with Crippen molar-refractivity contribution in [2.75, 3.05) is 0 Å². The highest BCUT2D eigenvalue weighted by Gasteiger charge is 2.07. The lowest BCUT2D eigenvalue weighted by atomic mass is 9.97. The molecule has 0 heterocycles. The van der Waals surface area contributed by atoms with Crippen molar-refractivity contribution in [3.63, 3.8) is 0 Å². The van der Waals surface area contributed by atoms with Crippen LogP contribution in [0.15, 0.2) is 109 Å². The van der Waals surface area contributed by atoms with Gasteiger partial charge in [-0.2, -0.15) is 0 Å². The van der Waals surface area contributed by atoms with E-state index in [-0.39, 0.29) is 0 Å². The molecule has 0 saturated heterocycles. The minimum absolute atomic E-state index is 0.855. The van der Waals surface area contributed by atoms with Gasteiger partial charge >= 0.3 is 0 Å². The Hall–Kier alpha value is -5.66. The zero-order chi connectivity index (χ0) is 40.6. The van der Waals surface area contributed by atoms with Crippen LogP contribution in [0.1, 0.15) is 172 Å². The second-order valence-electron chi connectivity index (χ2n) is 15.6. The minimum Gasteiger partial charge on any atom is -0.0654 e. The maximum Gasteiger partial charge on any atom is 0.0419 e. The average molecular weight is 759 g/mol. The first-order valence-electron chi connectivity index (χ1n) is 22.2. The van der Waals surface area contributed by atoms with E-state index < -0.39 is 0 Å². The lowest BCUT2D eigenvalue weighted by Crippen LogP contribution is -1.93. The van der Waals surface area contributed by atoms with E-state index in [1.165, 1.54) is 99.3 Å². The summed E-state index contributed by atoms with van der Waals surface area (Å²) < 4.78 is 0. The Morgan fingerprint density at radius 2 is 0.466 bits per heavy atom. The van der Waals surface area contributed by atoms with Crippen molar-refractivity contribution < 1.29 is 0 Å². The molecule has 0 heteroatoms. The van der Waals surface area contributed by atoms with Gasteiger partial charge in [0.1, 0.15) is 0 Å². The number of unbranched alkanes of at least 4 members (excludes halogenated alkanes) is 8. The molecule has 5 aromatic carbocycles. The predicted molar refractivity (Wildman–Crippen MR) is 249 cm³/mol. The van der Waals surface area contributed by atoms with E-state index in [0.717, 1.165) is 70.2 Å². The second kappa shape index (κ2) is 24.9. The van der Waals surface area contributed by atoms with Crippen molar-refractivity contribution in [3.05, 3.63) is 176 Å². The van der Waals surface area contributed by atoms with Gasteiger partial charge in [-0.25, -0.2) is 0 Å². The molecule has 0 aliphatic rings. The molecule has 0 aromatic heterocycles. The SMILES string of the molecule is CCCCCc1ccc(C#Cc2cc(C#Cc3ccc(CCCCC)cc3)c(C#Cc3ccc(CCCCC)cc3)cc2C#Cc2ccc(CCCCC)cc2)cc1. The van der Waals surface area contributed by atoms with Gasteiger partial charge in [-0.3, -0.25) is 0 Å². The summed E-state index contributed by atoms with van der Waals surface area (Å²) in [6.45, 7) is 9.00. The van der Waals surface area contributed by atoms with Crippen LogP contribution in [0.3, 0.4) is 0 Å². The Bertz CT molecular complexity index is 1920. The van der Waals surface area contributed by atoms with Gasteiger partial charge in [0.15, 0.2) is 0 Å². The van der Waals surface area contributed by atoms with Gasteiger partial charge in [-0.1, -0.05) is 175 Å². The molecule has 0 amide bonds. The highest BCUT2D eigenvalue weighted by Crippen LogP contribution is 2.19. The van der Waals surface area contributed by atoms with Gasteiger partial charge in [0.05, 0.1) is 0 Å². The third-order valence-electron chi connectivity index (χ3n) is 10.6. The van der Waals surface area contributed by atoms with E-state index in [0.29, 0.717) is 0 Å². The molecule has 0 radical (unpaired) electrons. The predicted octanol–water partition coefficient (Wildman–Crippen LogP) is 14.2. The fraction of sp³-hybridized carbons (Fsp3) is 0.345. The van der Waals surface area contributed by atoms with Gasteiger partial charge in [-0.15, -0.1) is 0 Å². The van der Waals surface area contributed by atoms with Crippen molar-refractivity contribution in [1.29, 1.82) is 0 Å². The highest BCUT2D eigenvalue weighted by atomic mass is 14.1. The van der Waals surface area contributed by atoms with Crippen LogP contribution in [-0.2, 0) is 25.7 Å². The number of aryl methyl sites for hydroxylation is 4. The van der Waals surface area contributed by atoms with E-state index >= 15 is 0 Å². The largest absolute Gasteiger partial charge is 0.0654 e. The molecule has 0 bridgehead atoms. The molecule has 0 aliphatic heterocycles. The Morgan fingerprint density at radius 3 is 0.655 bits per heavy atom. The molecule has 0 unspecified atom stereocenters. The van der Waals surface area contributed by atoms with Crippen molar-refractivity contribution in [1.82, 2.24) is 0 Å². The first kappa shape index (κ1) is 43.5. The summed E-state index contributed by atoms with van der Waals surface area (Å²) in [4.78, 5) is 0. The van der Waals surface area contributed by atoms with E-state index in [9.17, 15) is 0 Å². The fourth-order valence-corrected chi connectivity index (χ4v) is 6.91. The van der Waals surface area contributed by atoms with Crippen LogP contribution in [0, 0.1) is 47.4 Å². The summed E-state index contributed by atoms with van der Waals surface area (Å²) >= 11 is 0. The molecule has 0 atom stereocenters. The average Bonchev–Trinajstić information content (AvgIpc) is 3.26. The summed E-state index contributed by atoms with van der Waals surface area (Å²) in [6.07, 6.45) is 19.3. The van der Waals surface area contributed by atoms with Crippen LogP contribution in [0.4, 0.5) is 0 Å². The Labute approximate surface area is 352 Å². The van der Waals surface area contributed by atoms with Gasteiger partial charge in [0, 0.05) is 44.5 Å². The lowest BCUT2D eigenvalue weighted by molar-refractivity contribution is 0.717. The van der Waals surface area contributed by atoms with Gasteiger partial charge < -0.3 is 0 Å². The van der Waals surface area contributed by atoms with Gasteiger partial charge in [-0.05, 0) is 134 Å². The second-order valence-corrected chi connectivity index (χ2v) is 15.6. The van der Waals surface area contributed by atoms with Crippen LogP contribution in [0.2, 0.25) is 0 Å². The zero-order valence-corrected chi connectivity index (χ0v) is 35.7. The van der Waals surface area contributed by atoms with Crippen molar-refractivity contribution in [2.45, 2.75) is 130 Å². The highest BCUT2D eigenvalue weighted by molar-refractivity contribution is 5.64.